The van der Waals surface area contributed by atoms with E-state index in [1.807, 2.05) is 24.3 Å². The molecule has 1 heterocycles. The predicted molar refractivity (Wildman–Crippen MR) is 77.5 cm³/mol. The molecule has 0 fully saturated rings. The lowest BCUT2D eigenvalue weighted by Gasteiger charge is -2.07. The zero-order valence-electron chi connectivity index (χ0n) is 10.4. The van der Waals surface area contributed by atoms with Gasteiger partial charge in [-0.05, 0) is 35.7 Å². The van der Waals surface area contributed by atoms with Gasteiger partial charge in [0.05, 0.1) is 4.51 Å². The lowest BCUT2D eigenvalue weighted by Crippen LogP contribution is -1.87. The number of hydrogen-bond acceptors (Lipinski definition) is 2. The van der Waals surface area contributed by atoms with Crippen LogP contribution in [0.3, 0.4) is 0 Å². The molecule has 2 aromatic carbocycles. The highest BCUT2D eigenvalue weighted by Gasteiger charge is 2.07. The first-order valence-corrected chi connectivity index (χ1v) is 6.45. The van der Waals surface area contributed by atoms with Crippen LogP contribution in [-0.4, -0.2) is 0 Å². The minimum Gasteiger partial charge on any atom is -0.456 e. The summed E-state index contributed by atoms with van der Waals surface area (Å²) in [7, 11) is 0. The Balaban J connectivity index is 2.45. The normalized spacial score (nSPS) is 11.5. The molecular weight excluding hydrogens is 240 g/mol. The Kier molecular flexibility index (Phi) is 2.67. The largest absolute Gasteiger partial charge is 0.456 e. The van der Waals surface area contributed by atoms with E-state index in [2.05, 4.69) is 32.0 Å². The molecule has 1 aromatic heterocycles. The number of hydrogen-bond donors (Lipinski definition) is 0. The molecule has 0 aliphatic carbocycles. The number of rotatable bonds is 1. The molecule has 0 aliphatic rings. The Morgan fingerprint density at radius 2 is 2.00 bits per heavy atom. The van der Waals surface area contributed by atoms with Crippen LogP contribution in [0.15, 0.2) is 40.8 Å². The summed E-state index contributed by atoms with van der Waals surface area (Å²) in [6.07, 6.45) is 0. The average Bonchev–Trinajstić information content (AvgIpc) is 2.38. The summed E-state index contributed by atoms with van der Waals surface area (Å²) in [6, 6.07) is 15.1. The summed E-state index contributed by atoms with van der Waals surface area (Å²) in [4.78, 5) is 0. The minimum atomic E-state index is 0.485. The minimum absolute atomic E-state index is 0.485. The maximum atomic E-state index is 5.86. The van der Waals surface area contributed by atoms with Crippen molar-refractivity contribution in [2.24, 2.45) is 0 Å². The lowest BCUT2D eigenvalue weighted by atomic mass is 10.0. The molecule has 18 heavy (non-hydrogen) atoms. The van der Waals surface area contributed by atoms with Crippen molar-refractivity contribution in [3.8, 4) is 0 Å². The van der Waals surface area contributed by atoms with E-state index in [9.17, 15) is 0 Å². The summed E-state index contributed by atoms with van der Waals surface area (Å²) in [6.45, 7) is 4.35. The smallest absolute Gasteiger partial charge is 0.136 e. The maximum absolute atomic E-state index is 5.86. The Morgan fingerprint density at radius 3 is 2.78 bits per heavy atom. The van der Waals surface area contributed by atoms with Gasteiger partial charge in [0.1, 0.15) is 11.2 Å². The molecule has 1 nitrogen and oxygen atoms in total. The molecule has 2 heteroatoms. The second-order valence-corrected chi connectivity index (χ2v) is 5.16. The molecule has 0 saturated heterocycles. The summed E-state index contributed by atoms with van der Waals surface area (Å²) in [5, 5.41) is 1.90. The standard InChI is InChI=1S/C16H13OS/c1-10(2)11-7-8-15-13(9-11)16(18)12-5-3-4-6-14(12)17-15/h3-4,6-10H,1-2H3. The Morgan fingerprint density at radius 1 is 1.17 bits per heavy atom. The first-order chi connectivity index (χ1) is 8.66. The zero-order valence-corrected chi connectivity index (χ0v) is 11.2. The van der Waals surface area contributed by atoms with E-state index < -0.39 is 0 Å². The monoisotopic (exact) mass is 253 g/mol. The third-order valence-electron chi connectivity index (χ3n) is 3.18. The molecule has 0 saturated carbocycles. The van der Waals surface area contributed by atoms with Crippen molar-refractivity contribution in [3.63, 3.8) is 0 Å². The third kappa shape index (κ3) is 1.73. The van der Waals surface area contributed by atoms with Gasteiger partial charge in [0.2, 0.25) is 0 Å². The Labute approximate surface area is 111 Å². The van der Waals surface area contributed by atoms with Crippen molar-refractivity contribution < 1.29 is 4.42 Å². The highest BCUT2D eigenvalue weighted by molar-refractivity contribution is 7.72. The highest BCUT2D eigenvalue weighted by atomic mass is 32.1. The van der Waals surface area contributed by atoms with Crippen LogP contribution in [0.4, 0.5) is 0 Å². The van der Waals surface area contributed by atoms with Gasteiger partial charge in [0.25, 0.3) is 0 Å². The number of fused-ring (bicyclic) bond motifs is 2. The molecule has 0 N–H and O–H groups in total. The molecule has 89 valence electrons. The van der Waals surface area contributed by atoms with Crippen LogP contribution in [-0.2, 0) is 0 Å². The predicted octanol–water partition coefficient (Wildman–Crippen LogP) is 5.24. The topological polar surface area (TPSA) is 13.1 Å². The van der Waals surface area contributed by atoms with Crippen LogP contribution in [0.5, 0.6) is 0 Å². The van der Waals surface area contributed by atoms with Crippen LogP contribution < -0.4 is 0 Å². The molecule has 0 bridgehead atoms. The van der Waals surface area contributed by atoms with Crippen LogP contribution in [0.25, 0.3) is 21.9 Å². The van der Waals surface area contributed by atoms with Crippen LogP contribution in [0.2, 0.25) is 0 Å². The van der Waals surface area contributed by atoms with Gasteiger partial charge in [-0.1, -0.05) is 44.3 Å². The first-order valence-electron chi connectivity index (χ1n) is 6.04. The number of benzene rings is 2. The molecule has 0 amide bonds. The fourth-order valence-electron chi connectivity index (χ4n) is 2.11. The van der Waals surface area contributed by atoms with Gasteiger partial charge in [0, 0.05) is 10.8 Å². The molecule has 0 unspecified atom stereocenters. The van der Waals surface area contributed by atoms with Gasteiger partial charge in [-0.3, -0.25) is 0 Å². The van der Waals surface area contributed by atoms with Crippen molar-refractivity contribution in [1.29, 1.82) is 0 Å². The molecule has 0 atom stereocenters. The van der Waals surface area contributed by atoms with E-state index in [-0.39, 0.29) is 0 Å². The molecule has 0 aliphatic heterocycles. The van der Waals surface area contributed by atoms with Crippen LogP contribution >= 0.6 is 12.2 Å². The van der Waals surface area contributed by atoms with Gasteiger partial charge >= 0.3 is 0 Å². The molecule has 0 spiro atoms. The van der Waals surface area contributed by atoms with Crippen molar-refractivity contribution in [2.45, 2.75) is 19.8 Å². The third-order valence-corrected chi connectivity index (χ3v) is 3.60. The van der Waals surface area contributed by atoms with Gasteiger partial charge in [0.15, 0.2) is 0 Å². The van der Waals surface area contributed by atoms with E-state index in [1.54, 1.807) is 0 Å². The maximum Gasteiger partial charge on any atom is 0.136 e. The summed E-state index contributed by atoms with van der Waals surface area (Å²) >= 11 is 5.55. The van der Waals surface area contributed by atoms with Gasteiger partial charge < -0.3 is 4.42 Å². The molecule has 1 radical (unpaired) electrons. The Bertz CT molecular complexity index is 784. The Hall–Kier alpha value is -1.67. The lowest BCUT2D eigenvalue weighted by molar-refractivity contribution is 0.660. The fourth-order valence-corrected chi connectivity index (χ4v) is 2.43. The van der Waals surface area contributed by atoms with Crippen molar-refractivity contribution in [1.82, 2.24) is 0 Å². The van der Waals surface area contributed by atoms with E-state index >= 15 is 0 Å². The van der Waals surface area contributed by atoms with Gasteiger partial charge in [-0.2, -0.15) is 0 Å². The van der Waals surface area contributed by atoms with Crippen molar-refractivity contribution >= 4 is 34.2 Å². The van der Waals surface area contributed by atoms with Crippen molar-refractivity contribution in [2.75, 3.05) is 0 Å². The van der Waals surface area contributed by atoms with E-state index in [0.717, 1.165) is 26.4 Å². The molecule has 3 rings (SSSR count). The fraction of sp³-hybridized carbons (Fsp3) is 0.188. The summed E-state index contributed by atoms with van der Waals surface area (Å²) < 4.78 is 6.69. The first kappa shape index (κ1) is 11.4. The average molecular weight is 253 g/mol. The second-order valence-electron chi connectivity index (χ2n) is 4.75. The van der Waals surface area contributed by atoms with Crippen LogP contribution in [0.1, 0.15) is 25.3 Å². The SMILES string of the molecule is CC(C)c1ccc2oc3ccc[c]c3c(=S)c2c1. The second kappa shape index (κ2) is 4.21. The molecule has 3 aromatic rings. The van der Waals surface area contributed by atoms with E-state index in [4.69, 9.17) is 16.6 Å². The summed E-state index contributed by atoms with van der Waals surface area (Å²) in [5.41, 5.74) is 2.92. The quantitative estimate of drug-likeness (QED) is 0.434. The zero-order chi connectivity index (χ0) is 12.7. The van der Waals surface area contributed by atoms with E-state index in [1.165, 1.54) is 5.56 Å². The highest BCUT2D eigenvalue weighted by Crippen LogP contribution is 2.27. The van der Waals surface area contributed by atoms with Crippen molar-refractivity contribution in [3.05, 3.63) is 52.5 Å². The van der Waals surface area contributed by atoms with E-state index in [0.29, 0.717) is 5.92 Å². The van der Waals surface area contributed by atoms with Gasteiger partial charge in [-0.15, -0.1) is 0 Å². The summed E-state index contributed by atoms with van der Waals surface area (Å²) in [5.74, 6) is 0.485. The van der Waals surface area contributed by atoms with Gasteiger partial charge in [-0.25, -0.2) is 0 Å². The molecular formula is C16H13OS. The van der Waals surface area contributed by atoms with Crippen LogP contribution in [0, 0.1) is 10.6 Å².